The summed E-state index contributed by atoms with van der Waals surface area (Å²) in [5.74, 6) is -1.07. The van der Waals surface area contributed by atoms with Gasteiger partial charge in [-0.15, -0.1) is 0 Å². The zero-order valence-electron chi connectivity index (χ0n) is 15.9. The second-order valence-electron chi connectivity index (χ2n) is 6.15. The average Bonchev–Trinajstić information content (AvgIpc) is 3.19. The minimum atomic E-state index is -4.13. The molecule has 4 amide bonds. The van der Waals surface area contributed by atoms with Crippen LogP contribution < -0.4 is 20.7 Å². The molecule has 0 aliphatic rings. The van der Waals surface area contributed by atoms with E-state index in [1.807, 2.05) is 0 Å². The maximum Gasteiger partial charge on any atom is 0.329 e. The number of rotatable bonds is 9. The van der Waals surface area contributed by atoms with Crippen molar-refractivity contribution in [3.8, 4) is 0 Å². The van der Waals surface area contributed by atoms with Crippen LogP contribution in [0.25, 0.3) is 0 Å². The zero-order valence-corrected chi connectivity index (χ0v) is 17.5. The number of halogens is 1. The number of urea groups is 1. The molecule has 30 heavy (non-hydrogen) atoms. The van der Waals surface area contributed by atoms with E-state index >= 15 is 0 Å². The van der Waals surface area contributed by atoms with Crippen LogP contribution in [0.4, 0.5) is 4.79 Å². The fraction of sp³-hybridized carbons (Fsp3) is 0.294. The molecule has 0 bridgehead atoms. The maximum absolute atomic E-state index is 12.1. The summed E-state index contributed by atoms with van der Waals surface area (Å²) in [4.78, 5) is 42.3. The molecule has 2 rings (SSSR count). The molecule has 13 heteroatoms. The Kier molecular flexibility index (Phi) is 8.18. The van der Waals surface area contributed by atoms with Crippen LogP contribution in [0, 0.1) is 0 Å². The summed E-state index contributed by atoms with van der Waals surface area (Å²) in [5.41, 5.74) is 0.858. The molecular weight excluding hydrogens is 436 g/mol. The lowest BCUT2D eigenvalue weighted by atomic mass is 10.3. The van der Waals surface area contributed by atoms with Crippen LogP contribution in [0.1, 0.15) is 12.6 Å². The van der Waals surface area contributed by atoms with E-state index in [1.165, 1.54) is 37.5 Å². The van der Waals surface area contributed by atoms with Crippen LogP contribution in [0.2, 0.25) is 5.02 Å². The molecule has 1 aromatic heterocycles. The van der Waals surface area contributed by atoms with Crippen LogP contribution >= 0.6 is 11.6 Å². The Hall–Kier alpha value is -3.12. The van der Waals surface area contributed by atoms with Gasteiger partial charge in [-0.2, -0.15) is 0 Å². The molecule has 0 saturated carbocycles. The van der Waals surface area contributed by atoms with E-state index in [4.69, 9.17) is 11.6 Å². The number of H-pyrrole nitrogens is 1. The topological polar surface area (TPSA) is 162 Å². The fourth-order valence-corrected chi connectivity index (χ4v) is 3.27. The van der Waals surface area contributed by atoms with Crippen molar-refractivity contribution in [2.75, 3.05) is 13.1 Å². The Morgan fingerprint density at radius 2 is 1.87 bits per heavy atom. The van der Waals surface area contributed by atoms with Gasteiger partial charge >= 0.3 is 6.03 Å². The molecule has 1 unspecified atom stereocenters. The number of sulfonamides is 1. The average molecular weight is 457 g/mol. The molecule has 11 nitrogen and oxygen atoms in total. The Labute approximate surface area is 178 Å². The minimum absolute atomic E-state index is 0.161. The Balaban J connectivity index is 1.72. The van der Waals surface area contributed by atoms with Gasteiger partial charge in [-0.3, -0.25) is 9.59 Å². The predicted octanol–water partition coefficient (Wildman–Crippen LogP) is -0.0854. The van der Waals surface area contributed by atoms with Crippen LogP contribution in [0.3, 0.4) is 0 Å². The van der Waals surface area contributed by atoms with Crippen molar-refractivity contribution in [1.29, 1.82) is 0 Å². The molecular formula is C17H21ClN6O5S. The van der Waals surface area contributed by atoms with Crippen LogP contribution in [0.15, 0.2) is 41.7 Å². The number of nitrogens with zero attached hydrogens (tertiary/aromatic N) is 1. The highest BCUT2D eigenvalue weighted by molar-refractivity contribution is 7.90. The van der Waals surface area contributed by atoms with E-state index in [9.17, 15) is 22.8 Å². The van der Waals surface area contributed by atoms with E-state index in [-0.39, 0.29) is 11.4 Å². The second kappa shape index (κ2) is 10.6. The molecule has 0 aliphatic carbocycles. The first-order valence-corrected chi connectivity index (χ1v) is 10.6. The summed E-state index contributed by atoms with van der Waals surface area (Å²) >= 11 is 5.70. The molecule has 0 spiro atoms. The number of benzene rings is 1. The van der Waals surface area contributed by atoms with Gasteiger partial charge in [-0.1, -0.05) is 11.6 Å². The lowest BCUT2D eigenvalue weighted by Gasteiger charge is -2.15. The molecule has 2 aromatic rings. The number of hydrogen-bond acceptors (Lipinski definition) is 6. The van der Waals surface area contributed by atoms with Crippen molar-refractivity contribution in [2.45, 2.75) is 24.3 Å². The largest absolute Gasteiger partial charge is 0.354 e. The quantitative estimate of drug-likeness (QED) is 0.354. The lowest BCUT2D eigenvalue weighted by Crippen LogP contribution is -2.51. The first-order valence-electron chi connectivity index (χ1n) is 8.78. The molecule has 1 heterocycles. The summed E-state index contributed by atoms with van der Waals surface area (Å²) in [6.45, 7) is 1.41. The first-order chi connectivity index (χ1) is 14.2. The highest BCUT2D eigenvalue weighted by Crippen LogP contribution is 2.13. The third kappa shape index (κ3) is 7.37. The van der Waals surface area contributed by atoms with Crippen molar-refractivity contribution >= 4 is 39.5 Å². The molecule has 162 valence electrons. The number of carbonyl (C=O) groups excluding carboxylic acids is 3. The Morgan fingerprint density at radius 1 is 1.17 bits per heavy atom. The van der Waals surface area contributed by atoms with Gasteiger partial charge in [0.05, 0.1) is 17.8 Å². The minimum Gasteiger partial charge on any atom is -0.354 e. The molecule has 0 fully saturated rings. The van der Waals surface area contributed by atoms with Crippen LogP contribution in [-0.2, 0) is 26.0 Å². The molecule has 5 N–H and O–H groups in total. The van der Waals surface area contributed by atoms with E-state index < -0.39 is 33.9 Å². The molecule has 1 aromatic carbocycles. The van der Waals surface area contributed by atoms with E-state index in [2.05, 4.69) is 25.9 Å². The van der Waals surface area contributed by atoms with E-state index in [1.54, 1.807) is 10.9 Å². The maximum atomic E-state index is 12.1. The second-order valence-corrected chi connectivity index (χ2v) is 8.27. The van der Waals surface area contributed by atoms with Crippen molar-refractivity contribution in [2.24, 2.45) is 0 Å². The number of amides is 4. The number of imidazole rings is 1. The van der Waals surface area contributed by atoms with Crippen molar-refractivity contribution in [3.05, 3.63) is 47.5 Å². The SMILES string of the molecule is CC(NC(=O)NS(=O)(=O)c1ccc(Cl)cc1)C(=O)NCC(=O)NCCc1cnc[nH]1. The smallest absolute Gasteiger partial charge is 0.329 e. The molecule has 1 atom stereocenters. The third-order valence-corrected chi connectivity index (χ3v) is 5.39. The number of aromatic nitrogens is 2. The number of nitrogens with one attached hydrogen (secondary N) is 5. The van der Waals surface area contributed by atoms with E-state index in [0.717, 1.165) is 5.69 Å². The van der Waals surface area contributed by atoms with Gasteiger partial charge in [0.1, 0.15) is 6.04 Å². The lowest BCUT2D eigenvalue weighted by molar-refractivity contribution is -0.126. The van der Waals surface area contributed by atoms with Crippen molar-refractivity contribution in [1.82, 2.24) is 30.6 Å². The van der Waals surface area contributed by atoms with Crippen molar-refractivity contribution in [3.63, 3.8) is 0 Å². The predicted molar refractivity (Wildman–Crippen MR) is 108 cm³/mol. The first kappa shape index (κ1) is 23.2. The zero-order chi connectivity index (χ0) is 22.1. The Morgan fingerprint density at radius 3 is 2.50 bits per heavy atom. The van der Waals surface area contributed by atoms with Crippen molar-refractivity contribution < 1.29 is 22.8 Å². The molecule has 0 aliphatic heterocycles. The number of aromatic amines is 1. The van der Waals surface area contributed by atoms with Gasteiger partial charge < -0.3 is 20.9 Å². The standard InChI is InChI=1S/C17H21ClN6O5S/c1-11(16(26)21-9-15(25)20-7-6-13-8-19-10-22-13)23-17(27)24-30(28,29)14-4-2-12(18)3-5-14/h2-5,8,10-11H,6-7,9H2,1H3,(H,19,22)(H,20,25)(H,21,26)(H2,23,24,27). The fourth-order valence-electron chi connectivity index (χ4n) is 2.23. The molecule has 0 radical (unpaired) electrons. The van der Waals surface area contributed by atoms with Gasteiger partial charge in [0.2, 0.25) is 11.8 Å². The Bertz CT molecular complexity index is 979. The number of carbonyl (C=O) groups is 3. The summed E-state index contributed by atoms with van der Waals surface area (Å²) in [6.07, 6.45) is 3.72. The monoisotopic (exact) mass is 456 g/mol. The number of hydrogen-bond donors (Lipinski definition) is 5. The summed E-state index contributed by atoms with van der Waals surface area (Å²) in [6, 6.07) is 3.03. The van der Waals surface area contributed by atoms with Gasteiger partial charge in [-0.25, -0.2) is 22.9 Å². The van der Waals surface area contributed by atoms with Gasteiger partial charge in [0, 0.05) is 29.9 Å². The van der Waals surface area contributed by atoms with Gasteiger partial charge in [0.15, 0.2) is 0 Å². The highest BCUT2D eigenvalue weighted by atomic mass is 35.5. The van der Waals surface area contributed by atoms with E-state index in [0.29, 0.717) is 18.0 Å². The van der Waals surface area contributed by atoms with Gasteiger partial charge in [-0.05, 0) is 31.2 Å². The summed E-state index contributed by atoms with van der Waals surface area (Å²) in [5, 5.41) is 7.51. The van der Waals surface area contributed by atoms with Crippen LogP contribution in [0.5, 0.6) is 0 Å². The summed E-state index contributed by atoms with van der Waals surface area (Å²) < 4.78 is 26.1. The van der Waals surface area contributed by atoms with Gasteiger partial charge in [0.25, 0.3) is 10.0 Å². The normalized spacial score (nSPS) is 11.9. The molecule has 0 saturated heterocycles. The third-order valence-electron chi connectivity index (χ3n) is 3.79. The summed E-state index contributed by atoms with van der Waals surface area (Å²) in [7, 11) is -4.13. The van der Waals surface area contributed by atoms with Crippen LogP contribution in [-0.4, -0.2) is 55.4 Å². The highest BCUT2D eigenvalue weighted by Gasteiger charge is 2.21.